The van der Waals surface area contributed by atoms with Crippen LogP contribution in [-0.4, -0.2) is 23.6 Å². The Morgan fingerprint density at radius 2 is 1.83 bits per heavy atom. The molecule has 2 aromatic carbocycles. The molecule has 0 aliphatic heterocycles. The lowest BCUT2D eigenvalue weighted by Crippen LogP contribution is -2.21. The highest BCUT2D eigenvalue weighted by Gasteiger charge is 2.31. The fourth-order valence-corrected chi connectivity index (χ4v) is 2.40. The first-order valence-electron chi connectivity index (χ1n) is 8.40. The third-order valence-corrected chi connectivity index (χ3v) is 3.88. The number of ether oxygens (including phenoxy) is 1. The van der Waals surface area contributed by atoms with Gasteiger partial charge in [0.1, 0.15) is 5.69 Å². The molecule has 1 aromatic heterocycles. The Labute approximate surface area is 163 Å². The fourth-order valence-electron chi connectivity index (χ4n) is 2.40. The van der Waals surface area contributed by atoms with Gasteiger partial charge in [-0.25, -0.2) is 4.79 Å². The van der Waals surface area contributed by atoms with Crippen LogP contribution in [0, 0.1) is 6.92 Å². The van der Waals surface area contributed by atoms with E-state index < -0.39 is 30.2 Å². The zero-order chi connectivity index (χ0) is 21.0. The molecule has 0 fully saturated rings. The summed E-state index contributed by atoms with van der Waals surface area (Å²) in [5, 5.41) is 6.20. The molecular formula is C20H15F3N2O4. The van der Waals surface area contributed by atoms with Gasteiger partial charge in [-0.15, -0.1) is 0 Å². The van der Waals surface area contributed by atoms with Gasteiger partial charge in [0.25, 0.3) is 5.91 Å². The summed E-state index contributed by atoms with van der Waals surface area (Å²) >= 11 is 0. The number of hydrogen-bond donors (Lipinski definition) is 1. The second kappa shape index (κ2) is 8.17. The van der Waals surface area contributed by atoms with E-state index in [-0.39, 0.29) is 11.4 Å². The predicted octanol–water partition coefficient (Wildman–Crippen LogP) is 4.46. The van der Waals surface area contributed by atoms with Gasteiger partial charge in [-0.3, -0.25) is 10.1 Å². The Balaban J connectivity index is 1.56. The molecule has 0 radical (unpaired) electrons. The lowest BCUT2D eigenvalue weighted by atomic mass is 10.1. The highest BCUT2D eigenvalue weighted by Crippen LogP contribution is 2.29. The van der Waals surface area contributed by atoms with Crippen LogP contribution in [0.4, 0.5) is 19.1 Å². The minimum atomic E-state index is -4.59. The Kier molecular flexibility index (Phi) is 5.67. The zero-order valence-corrected chi connectivity index (χ0v) is 15.1. The molecular weight excluding hydrogens is 389 g/mol. The molecule has 0 spiro atoms. The molecule has 0 saturated heterocycles. The minimum Gasteiger partial charge on any atom is -0.452 e. The molecule has 6 nitrogen and oxygen atoms in total. The number of esters is 1. The maximum absolute atomic E-state index is 12.7. The number of alkyl halides is 3. The number of aromatic nitrogens is 1. The summed E-state index contributed by atoms with van der Waals surface area (Å²) in [5.41, 5.74) is 1.07. The Morgan fingerprint density at radius 1 is 1.10 bits per heavy atom. The Hall–Kier alpha value is -3.62. The van der Waals surface area contributed by atoms with E-state index in [1.807, 2.05) is 31.2 Å². The maximum atomic E-state index is 12.7. The number of aryl methyl sites for hydroxylation is 1. The molecule has 3 rings (SSSR count). The van der Waals surface area contributed by atoms with E-state index >= 15 is 0 Å². The topological polar surface area (TPSA) is 81.4 Å². The summed E-state index contributed by atoms with van der Waals surface area (Å²) in [6.45, 7) is 1.24. The molecule has 1 N–H and O–H groups in total. The van der Waals surface area contributed by atoms with Crippen LogP contribution in [0.5, 0.6) is 0 Å². The van der Waals surface area contributed by atoms with E-state index in [1.54, 1.807) is 0 Å². The van der Waals surface area contributed by atoms with Crippen LogP contribution in [-0.2, 0) is 15.7 Å². The number of nitrogens with zero attached hydrogens (tertiary/aromatic N) is 1. The minimum absolute atomic E-state index is 0.0423. The van der Waals surface area contributed by atoms with Crippen molar-refractivity contribution in [1.82, 2.24) is 5.16 Å². The highest BCUT2D eigenvalue weighted by atomic mass is 19.4. The molecule has 0 aliphatic rings. The molecule has 1 heterocycles. The normalized spacial score (nSPS) is 11.2. The monoisotopic (exact) mass is 404 g/mol. The molecule has 9 heteroatoms. The molecule has 0 bridgehead atoms. The number of nitrogens with one attached hydrogen (secondary N) is 1. The number of benzene rings is 2. The molecule has 0 aliphatic carbocycles. The van der Waals surface area contributed by atoms with Gasteiger partial charge in [-0.2, -0.15) is 13.2 Å². The largest absolute Gasteiger partial charge is 0.452 e. The average Bonchev–Trinajstić information content (AvgIpc) is 3.14. The van der Waals surface area contributed by atoms with E-state index in [0.717, 1.165) is 23.3 Å². The van der Waals surface area contributed by atoms with Crippen molar-refractivity contribution < 1.29 is 32.0 Å². The van der Waals surface area contributed by atoms with Crippen molar-refractivity contribution in [3.8, 4) is 11.3 Å². The van der Waals surface area contributed by atoms with Crippen molar-refractivity contribution >= 4 is 17.8 Å². The summed E-state index contributed by atoms with van der Waals surface area (Å²) in [7, 11) is 0. The van der Waals surface area contributed by atoms with Gasteiger partial charge in [0, 0.05) is 11.6 Å². The molecule has 0 saturated carbocycles. The summed E-state index contributed by atoms with van der Waals surface area (Å²) in [4.78, 5) is 23.8. The van der Waals surface area contributed by atoms with E-state index in [0.29, 0.717) is 11.8 Å². The number of amides is 1. The maximum Gasteiger partial charge on any atom is 0.416 e. The molecule has 3 aromatic rings. The van der Waals surface area contributed by atoms with Crippen LogP contribution < -0.4 is 5.32 Å². The third kappa shape index (κ3) is 5.22. The second-order valence-corrected chi connectivity index (χ2v) is 6.15. The van der Waals surface area contributed by atoms with Gasteiger partial charge >= 0.3 is 12.1 Å². The van der Waals surface area contributed by atoms with Crippen molar-refractivity contribution in [1.29, 1.82) is 0 Å². The van der Waals surface area contributed by atoms with Gasteiger partial charge in [-0.05, 0) is 25.1 Å². The molecule has 29 heavy (non-hydrogen) atoms. The lowest BCUT2D eigenvalue weighted by Gasteiger charge is -2.08. The van der Waals surface area contributed by atoms with Crippen molar-refractivity contribution in [3.63, 3.8) is 0 Å². The third-order valence-electron chi connectivity index (χ3n) is 3.88. The van der Waals surface area contributed by atoms with Crippen LogP contribution in [0.25, 0.3) is 11.3 Å². The van der Waals surface area contributed by atoms with Crippen LogP contribution in [0.1, 0.15) is 21.5 Å². The first-order chi connectivity index (χ1) is 13.7. The first-order valence-corrected chi connectivity index (χ1v) is 8.40. The SMILES string of the molecule is Cc1ccc(-c2cc(NC(=O)COC(=O)c3cccc(C(F)(F)F)c3)on2)cc1. The first kappa shape index (κ1) is 20.1. The van der Waals surface area contributed by atoms with Crippen LogP contribution in [0.3, 0.4) is 0 Å². The standard InChI is InChI=1S/C20H15F3N2O4/c1-12-5-7-13(8-6-12)16-10-18(29-25-16)24-17(26)11-28-19(27)14-3-2-4-15(9-14)20(21,22)23/h2-10H,11H2,1H3,(H,24,26). The molecule has 1 amide bonds. The van der Waals surface area contributed by atoms with E-state index in [4.69, 9.17) is 9.26 Å². The van der Waals surface area contributed by atoms with E-state index in [1.165, 1.54) is 12.1 Å². The van der Waals surface area contributed by atoms with Crippen LogP contribution in [0.2, 0.25) is 0 Å². The van der Waals surface area contributed by atoms with Gasteiger partial charge in [0.05, 0.1) is 11.1 Å². The number of hydrogen-bond acceptors (Lipinski definition) is 5. The van der Waals surface area contributed by atoms with Crippen molar-refractivity contribution in [2.45, 2.75) is 13.1 Å². The predicted molar refractivity (Wildman–Crippen MR) is 97.0 cm³/mol. The van der Waals surface area contributed by atoms with Gasteiger partial charge in [-0.1, -0.05) is 41.1 Å². The summed E-state index contributed by atoms with van der Waals surface area (Å²) in [5.74, 6) is -1.73. The summed E-state index contributed by atoms with van der Waals surface area (Å²) in [6.07, 6.45) is -4.59. The quantitative estimate of drug-likeness (QED) is 0.635. The lowest BCUT2D eigenvalue weighted by molar-refractivity contribution is -0.137. The smallest absolute Gasteiger partial charge is 0.416 e. The Morgan fingerprint density at radius 3 is 2.52 bits per heavy atom. The number of anilines is 1. The average molecular weight is 404 g/mol. The number of halogens is 3. The van der Waals surface area contributed by atoms with Gasteiger partial charge < -0.3 is 9.26 Å². The zero-order valence-electron chi connectivity index (χ0n) is 15.1. The van der Waals surface area contributed by atoms with Crippen molar-refractivity contribution in [2.24, 2.45) is 0 Å². The summed E-state index contributed by atoms with van der Waals surface area (Å²) < 4.78 is 47.9. The Bertz CT molecular complexity index is 1030. The van der Waals surface area contributed by atoms with Crippen molar-refractivity contribution in [2.75, 3.05) is 11.9 Å². The summed E-state index contributed by atoms with van der Waals surface area (Å²) in [6, 6.07) is 12.7. The van der Waals surface area contributed by atoms with Crippen LogP contribution >= 0.6 is 0 Å². The van der Waals surface area contributed by atoms with Crippen molar-refractivity contribution in [3.05, 3.63) is 71.3 Å². The molecule has 0 atom stereocenters. The van der Waals surface area contributed by atoms with E-state index in [2.05, 4.69) is 10.5 Å². The highest BCUT2D eigenvalue weighted by molar-refractivity contribution is 5.95. The number of rotatable bonds is 5. The molecule has 0 unspecified atom stereocenters. The van der Waals surface area contributed by atoms with Gasteiger partial charge in [0.2, 0.25) is 5.88 Å². The fraction of sp³-hybridized carbons (Fsp3) is 0.150. The van der Waals surface area contributed by atoms with Crippen LogP contribution in [0.15, 0.2) is 59.1 Å². The second-order valence-electron chi connectivity index (χ2n) is 6.15. The van der Waals surface area contributed by atoms with Gasteiger partial charge in [0.15, 0.2) is 6.61 Å². The van der Waals surface area contributed by atoms with E-state index in [9.17, 15) is 22.8 Å². The molecule has 150 valence electrons. The number of carbonyl (C=O) groups excluding carboxylic acids is 2. The number of carbonyl (C=O) groups is 2.